The summed E-state index contributed by atoms with van der Waals surface area (Å²) in [6.45, 7) is 5.59. The number of sulfonamides is 1. The molecule has 214 valence electrons. The Morgan fingerprint density at radius 3 is 2.20 bits per heavy atom. The first kappa shape index (κ1) is 31.0. The van der Waals surface area contributed by atoms with Gasteiger partial charge in [0.25, 0.3) is 10.0 Å². The molecule has 1 N–H and O–H groups in total. The van der Waals surface area contributed by atoms with E-state index in [0.29, 0.717) is 29.3 Å². The van der Waals surface area contributed by atoms with Crippen molar-refractivity contribution in [3.8, 4) is 5.75 Å². The quantitative estimate of drug-likeness (QED) is 0.298. The van der Waals surface area contributed by atoms with E-state index >= 15 is 0 Å². The van der Waals surface area contributed by atoms with E-state index < -0.39 is 28.5 Å². The van der Waals surface area contributed by atoms with E-state index in [9.17, 15) is 18.0 Å². The number of benzene rings is 3. The van der Waals surface area contributed by atoms with Crippen molar-refractivity contribution in [1.82, 2.24) is 10.2 Å². The molecule has 0 bridgehead atoms. The van der Waals surface area contributed by atoms with E-state index in [-0.39, 0.29) is 23.0 Å². The maximum atomic E-state index is 14.0. The fourth-order valence-corrected chi connectivity index (χ4v) is 5.82. The molecular weight excluding hydrogens is 550 g/mol. The molecule has 0 fully saturated rings. The van der Waals surface area contributed by atoms with Crippen molar-refractivity contribution in [1.29, 1.82) is 0 Å². The summed E-state index contributed by atoms with van der Waals surface area (Å²) in [4.78, 5) is 28.7. The third-order valence-electron chi connectivity index (χ3n) is 6.48. The van der Waals surface area contributed by atoms with Crippen LogP contribution in [0.25, 0.3) is 0 Å². The summed E-state index contributed by atoms with van der Waals surface area (Å²) >= 11 is 6.42. The van der Waals surface area contributed by atoms with Gasteiger partial charge in [-0.1, -0.05) is 61.3 Å². The lowest BCUT2D eigenvalue weighted by atomic mass is 10.1. The lowest BCUT2D eigenvalue weighted by Crippen LogP contribution is -2.52. The molecule has 2 amide bonds. The van der Waals surface area contributed by atoms with Crippen molar-refractivity contribution in [2.45, 2.75) is 51.1 Å². The highest BCUT2D eigenvalue weighted by Crippen LogP contribution is 2.27. The Morgan fingerprint density at radius 2 is 1.62 bits per heavy atom. The van der Waals surface area contributed by atoms with Gasteiger partial charge in [-0.05, 0) is 67.8 Å². The highest BCUT2D eigenvalue weighted by Gasteiger charge is 2.33. The summed E-state index contributed by atoms with van der Waals surface area (Å²) in [5.41, 5.74) is 1.84. The number of nitrogens with one attached hydrogen (secondary N) is 1. The number of carbonyl (C=O) groups excluding carboxylic acids is 2. The van der Waals surface area contributed by atoms with Crippen LogP contribution in [-0.2, 0) is 26.2 Å². The molecule has 0 unspecified atom stereocenters. The number of nitrogens with zero attached hydrogens (tertiary/aromatic N) is 2. The zero-order chi connectivity index (χ0) is 29.3. The topological polar surface area (TPSA) is 96.0 Å². The van der Waals surface area contributed by atoms with Gasteiger partial charge in [-0.15, -0.1) is 0 Å². The van der Waals surface area contributed by atoms with Gasteiger partial charge in [-0.25, -0.2) is 8.42 Å². The number of amides is 2. The number of rotatable bonds is 13. The first-order valence-corrected chi connectivity index (χ1v) is 15.0. The fraction of sp³-hybridized carbons (Fsp3) is 0.333. The molecule has 3 aromatic rings. The van der Waals surface area contributed by atoms with Gasteiger partial charge in [0, 0.05) is 18.1 Å². The Bertz CT molecular complexity index is 1400. The van der Waals surface area contributed by atoms with E-state index in [1.807, 2.05) is 20.8 Å². The second-order valence-corrected chi connectivity index (χ2v) is 11.6. The Morgan fingerprint density at radius 1 is 0.975 bits per heavy atom. The number of ether oxygens (including phenoxy) is 1. The van der Waals surface area contributed by atoms with Crippen LogP contribution in [0, 0.1) is 6.92 Å². The van der Waals surface area contributed by atoms with Crippen molar-refractivity contribution in [3.05, 3.63) is 88.9 Å². The Labute approximate surface area is 241 Å². The van der Waals surface area contributed by atoms with Gasteiger partial charge in [-0.2, -0.15) is 0 Å². The van der Waals surface area contributed by atoms with Crippen LogP contribution in [0.3, 0.4) is 0 Å². The minimum absolute atomic E-state index is 0.0393. The van der Waals surface area contributed by atoms with Crippen molar-refractivity contribution in [2.75, 3.05) is 24.5 Å². The first-order chi connectivity index (χ1) is 19.1. The number of halogens is 1. The summed E-state index contributed by atoms with van der Waals surface area (Å²) in [6.07, 6.45) is 1.07. The predicted molar refractivity (Wildman–Crippen MR) is 158 cm³/mol. The number of anilines is 1. The predicted octanol–water partition coefficient (Wildman–Crippen LogP) is 5.19. The third-order valence-corrected chi connectivity index (χ3v) is 8.64. The maximum absolute atomic E-state index is 14.0. The monoisotopic (exact) mass is 585 g/mol. The summed E-state index contributed by atoms with van der Waals surface area (Å²) in [5, 5.41) is 3.31. The molecule has 0 heterocycles. The molecule has 3 rings (SSSR count). The molecule has 0 saturated carbocycles. The van der Waals surface area contributed by atoms with Crippen LogP contribution >= 0.6 is 11.6 Å². The zero-order valence-electron chi connectivity index (χ0n) is 23.3. The van der Waals surface area contributed by atoms with E-state index in [1.165, 1.54) is 24.1 Å². The standard InChI is InChI=1S/C30H36ClN3O5S/c1-5-19-32-30(36)28(6-2)33(20-23-9-7-8-10-27(23)31)29(35)21-34(24-13-15-25(39-4)16-14-24)40(37,38)26-17-11-22(3)12-18-26/h7-18,28H,5-6,19-21H2,1-4H3,(H,32,36)/t28-/m0/s1. The van der Waals surface area contributed by atoms with E-state index in [2.05, 4.69) is 5.32 Å². The SMILES string of the molecule is CCCNC(=O)[C@H](CC)N(Cc1ccccc1Cl)C(=O)CN(c1ccc(OC)cc1)S(=O)(=O)c1ccc(C)cc1. The first-order valence-electron chi connectivity index (χ1n) is 13.2. The second kappa shape index (κ2) is 14.2. The van der Waals surface area contributed by atoms with Gasteiger partial charge >= 0.3 is 0 Å². The largest absolute Gasteiger partial charge is 0.497 e. The summed E-state index contributed by atoms with van der Waals surface area (Å²) in [7, 11) is -2.63. The Hall–Kier alpha value is -3.56. The van der Waals surface area contributed by atoms with Gasteiger partial charge in [0.2, 0.25) is 11.8 Å². The van der Waals surface area contributed by atoms with Gasteiger partial charge < -0.3 is 15.0 Å². The van der Waals surface area contributed by atoms with E-state index in [0.717, 1.165) is 16.3 Å². The molecule has 40 heavy (non-hydrogen) atoms. The van der Waals surface area contributed by atoms with Crippen molar-refractivity contribution >= 4 is 39.1 Å². The number of hydrogen-bond donors (Lipinski definition) is 1. The molecule has 0 spiro atoms. The van der Waals surface area contributed by atoms with Crippen LogP contribution in [0.2, 0.25) is 5.02 Å². The number of carbonyl (C=O) groups is 2. The Kier molecular flexibility index (Phi) is 11.0. The average Bonchev–Trinajstić information content (AvgIpc) is 2.95. The molecule has 8 nitrogen and oxygen atoms in total. The molecule has 0 saturated heterocycles. The van der Waals surface area contributed by atoms with Crippen molar-refractivity contribution in [2.24, 2.45) is 0 Å². The van der Waals surface area contributed by atoms with Crippen LogP contribution < -0.4 is 14.4 Å². The molecule has 0 aliphatic carbocycles. The molecule has 0 aromatic heterocycles. The lowest BCUT2D eigenvalue weighted by molar-refractivity contribution is -0.140. The number of methoxy groups -OCH3 is 1. The van der Waals surface area contributed by atoms with E-state index in [4.69, 9.17) is 16.3 Å². The molecule has 0 radical (unpaired) electrons. The van der Waals surface area contributed by atoms with E-state index in [1.54, 1.807) is 60.7 Å². The van der Waals surface area contributed by atoms with Crippen LogP contribution in [0.4, 0.5) is 5.69 Å². The van der Waals surface area contributed by atoms with Gasteiger partial charge in [0.05, 0.1) is 17.7 Å². The van der Waals surface area contributed by atoms with Gasteiger partial charge in [-0.3, -0.25) is 13.9 Å². The van der Waals surface area contributed by atoms with Gasteiger partial charge in [0.1, 0.15) is 18.3 Å². The lowest BCUT2D eigenvalue weighted by Gasteiger charge is -2.33. The Balaban J connectivity index is 2.06. The second-order valence-electron chi connectivity index (χ2n) is 9.35. The summed E-state index contributed by atoms with van der Waals surface area (Å²) in [5.74, 6) is -0.297. The normalized spacial score (nSPS) is 11.9. The molecule has 3 aromatic carbocycles. The smallest absolute Gasteiger partial charge is 0.264 e. The van der Waals surface area contributed by atoms with Crippen LogP contribution in [0.1, 0.15) is 37.8 Å². The molecular formula is C30H36ClN3O5S. The average molecular weight is 586 g/mol. The fourth-order valence-electron chi connectivity index (χ4n) is 4.21. The maximum Gasteiger partial charge on any atom is 0.264 e. The third kappa shape index (κ3) is 7.55. The van der Waals surface area contributed by atoms with Crippen LogP contribution in [0.15, 0.2) is 77.7 Å². The van der Waals surface area contributed by atoms with Crippen molar-refractivity contribution < 1.29 is 22.7 Å². The van der Waals surface area contributed by atoms with Crippen LogP contribution in [0.5, 0.6) is 5.75 Å². The molecule has 1 atom stereocenters. The zero-order valence-corrected chi connectivity index (χ0v) is 24.8. The highest BCUT2D eigenvalue weighted by molar-refractivity contribution is 7.92. The number of hydrogen-bond acceptors (Lipinski definition) is 5. The number of aryl methyl sites for hydroxylation is 1. The summed E-state index contributed by atoms with van der Waals surface area (Å²) in [6, 6.07) is 19.1. The molecule has 0 aliphatic heterocycles. The van der Waals surface area contributed by atoms with Crippen LogP contribution in [-0.4, -0.2) is 51.4 Å². The minimum Gasteiger partial charge on any atom is -0.497 e. The molecule has 0 aliphatic rings. The van der Waals surface area contributed by atoms with Gasteiger partial charge in [0.15, 0.2) is 0 Å². The van der Waals surface area contributed by atoms with Crippen molar-refractivity contribution in [3.63, 3.8) is 0 Å². The summed E-state index contributed by atoms with van der Waals surface area (Å²) < 4.78 is 34.1. The highest BCUT2D eigenvalue weighted by atomic mass is 35.5. The minimum atomic E-state index is -4.15. The molecule has 10 heteroatoms.